The lowest BCUT2D eigenvalue weighted by Gasteiger charge is -2.18. The van der Waals surface area contributed by atoms with Gasteiger partial charge in [-0.05, 0) is 30.7 Å². The molecule has 1 rings (SSSR count). The Morgan fingerprint density at radius 2 is 1.75 bits per heavy atom. The van der Waals surface area contributed by atoms with Crippen LogP contribution in [0.3, 0.4) is 0 Å². The maximum absolute atomic E-state index is 12.0. The van der Waals surface area contributed by atoms with Gasteiger partial charge in [0.1, 0.15) is 12.6 Å². The Bertz CT molecular complexity index is 604. The van der Waals surface area contributed by atoms with Crippen LogP contribution in [-0.2, 0) is 25.7 Å². The van der Waals surface area contributed by atoms with E-state index < -0.39 is 18.1 Å². The zero-order chi connectivity index (χ0) is 20.8. The third kappa shape index (κ3) is 10.5. The Morgan fingerprint density at radius 1 is 1.04 bits per heavy atom. The third-order valence-electron chi connectivity index (χ3n) is 4.09. The number of hydrogen-bond acceptors (Lipinski definition) is 5. The summed E-state index contributed by atoms with van der Waals surface area (Å²) < 4.78 is 9.86. The van der Waals surface area contributed by atoms with Gasteiger partial charge in [0.2, 0.25) is 5.91 Å². The number of nitrogens with one attached hydrogen (secondary N) is 2. The minimum absolute atomic E-state index is 0.161. The van der Waals surface area contributed by atoms with Crippen LogP contribution in [0.2, 0.25) is 0 Å². The van der Waals surface area contributed by atoms with Gasteiger partial charge in [-0.3, -0.25) is 4.79 Å². The third-order valence-corrected chi connectivity index (χ3v) is 4.09. The van der Waals surface area contributed by atoms with Gasteiger partial charge in [0.05, 0.1) is 7.11 Å². The average molecular weight is 392 g/mol. The van der Waals surface area contributed by atoms with Crippen molar-refractivity contribution in [1.82, 2.24) is 10.6 Å². The molecule has 7 heteroatoms. The lowest BCUT2D eigenvalue weighted by molar-refractivity contribution is -0.145. The summed E-state index contributed by atoms with van der Waals surface area (Å²) in [4.78, 5) is 35.3. The zero-order valence-electron chi connectivity index (χ0n) is 17.0. The van der Waals surface area contributed by atoms with Crippen molar-refractivity contribution in [1.29, 1.82) is 0 Å². The molecule has 2 N–H and O–H groups in total. The number of carbonyl (C=O) groups excluding carboxylic acids is 3. The molecule has 7 nitrogen and oxygen atoms in total. The van der Waals surface area contributed by atoms with Gasteiger partial charge in [-0.15, -0.1) is 0 Å². The maximum Gasteiger partial charge on any atom is 0.407 e. The van der Waals surface area contributed by atoms with E-state index in [9.17, 15) is 14.4 Å². The number of amides is 2. The highest BCUT2D eigenvalue weighted by molar-refractivity contribution is 5.84. The van der Waals surface area contributed by atoms with Crippen LogP contribution in [0.15, 0.2) is 30.3 Å². The lowest BCUT2D eigenvalue weighted by Crippen LogP contribution is -2.42. The predicted molar refractivity (Wildman–Crippen MR) is 106 cm³/mol. The van der Waals surface area contributed by atoms with Crippen LogP contribution in [0, 0.1) is 5.92 Å². The Morgan fingerprint density at radius 3 is 2.39 bits per heavy atom. The second-order valence-corrected chi connectivity index (χ2v) is 7.07. The number of unbranched alkanes of at least 4 members (excludes halogenated alkanes) is 2. The SMILES string of the molecule is COC(=O)[C@@H](CC(C)C)NC(=O)CCCCCNC(=O)OCc1ccccc1. The van der Waals surface area contributed by atoms with Crippen LogP contribution >= 0.6 is 0 Å². The van der Waals surface area contributed by atoms with Crippen molar-refractivity contribution < 1.29 is 23.9 Å². The molecule has 1 aromatic carbocycles. The predicted octanol–water partition coefficient (Wildman–Crippen LogP) is 3.18. The molecule has 0 bridgehead atoms. The van der Waals surface area contributed by atoms with Crippen molar-refractivity contribution in [3.05, 3.63) is 35.9 Å². The topological polar surface area (TPSA) is 93.7 Å². The number of carbonyl (C=O) groups is 3. The largest absolute Gasteiger partial charge is 0.467 e. The molecule has 0 radical (unpaired) electrons. The van der Waals surface area contributed by atoms with Crippen LogP contribution < -0.4 is 10.6 Å². The van der Waals surface area contributed by atoms with Crippen molar-refractivity contribution in [3.63, 3.8) is 0 Å². The maximum atomic E-state index is 12.0. The van der Waals surface area contributed by atoms with E-state index in [0.717, 1.165) is 18.4 Å². The summed E-state index contributed by atoms with van der Waals surface area (Å²) in [6.07, 6.45) is 2.66. The molecule has 0 unspecified atom stereocenters. The number of rotatable bonds is 12. The first-order valence-electron chi connectivity index (χ1n) is 9.74. The van der Waals surface area contributed by atoms with Crippen LogP contribution in [0.25, 0.3) is 0 Å². The highest BCUT2D eigenvalue weighted by Crippen LogP contribution is 2.07. The average Bonchev–Trinajstić information content (AvgIpc) is 2.68. The molecule has 0 aliphatic heterocycles. The van der Waals surface area contributed by atoms with Gasteiger partial charge >= 0.3 is 12.1 Å². The molecular formula is C21H32N2O5. The van der Waals surface area contributed by atoms with Crippen molar-refractivity contribution in [3.8, 4) is 0 Å². The van der Waals surface area contributed by atoms with Crippen molar-refractivity contribution >= 4 is 18.0 Å². The van der Waals surface area contributed by atoms with Crippen LogP contribution in [0.4, 0.5) is 4.79 Å². The quantitative estimate of drug-likeness (QED) is 0.421. The molecule has 0 aliphatic rings. The van der Waals surface area contributed by atoms with E-state index in [1.807, 2.05) is 44.2 Å². The Kier molecular flexibility index (Phi) is 11.4. The summed E-state index contributed by atoms with van der Waals surface area (Å²) >= 11 is 0. The molecule has 0 heterocycles. The summed E-state index contributed by atoms with van der Waals surface area (Å²) in [5.74, 6) is -0.302. The van der Waals surface area contributed by atoms with E-state index in [0.29, 0.717) is 25.8 Å². The first-order valence-corrected chi connectivity index (χ1v) is 9.74. The van der Waals surface area contributed by atoms with Gasteiger partial charge in [0.15, 0.2) is 0 Å². The molecule has 156 valence electrons. The number of benzene rings is 1. The second kappa shape index (κ2) is 13.6. The zero-order valence-corrected chi connectivity index (χ0v) is 17.0. The summed E-state index contributed by atoms with van der Waals surface area (Å²) in [7, 11) is 1.32. The molecule has 28 heavy (non-hydrogen) atoms. The number of esters is 1. The number of alkyl carbamates (subject to hydrolysis) is 1. The van der Waals surface area contributed by atoms with Crippen molar-refractivity contribution in [2.24, 2.45) is 5.92 Å². The molecular weight excluding hydrogens is 360 g/mol. The smallest absolute Gasteiger partial charge is 0.407 e. The van der Waals surface area contributed by atoms with Gasteiger partial charge in [-0.2, -0.15) is 0 Å². The van der Waals surface area contributed by atoms with E-state index >= 15 is 0 Å². The fourth-order valence-corrected chi connectivity index (χ4v) is 2.65. The molecule has 1 atom stereocenters. The molecule has 0 spiro atoms. The van der Waals surface area contributed by atoms with Gasteiger partial charge in [-0.25, -0.2) is 9.59 Å². The van der Waals surface area contributed by atoms with E-state index in [1.54, 1.807) is 0 Å². The fourth-order valence-electron chi connectivity index (χ4n) is 2.65. The second-order valence-electron chi connectivity index (χ2n) is 7.07. The first kappa shape index (κ1) is 23.5. The van der Waals surface area contributed by atoms with Crippen LogP contribution in [0.5, 0.6) is 0 Å². The molecule has 0 saturated carbocycles. The summed E-state index contributed by atoms with van der Waals surface area (Å²) in [5.41, 5.74) is 0.936. The van der Waals surface area contributed by atoms with Crippen molar-refractivity contribution in [2.75, 3.05) is 13.7 Å². The Hall–Kier alpha value is -2.57. The summed E-state index contributed by atoms with van der Waals surface area (Å²) in [6.45, 7) is 4.71. The first-order chi connectivity index (χ1) is 13.4. The van der Waals surface area contributed by atoms with E-state index in [-0.39, 0.29) is 18.4 Å². The highest BCUT2D eigenvalue weighted by Gasteiger charge is 2.22. The van der Waals surface area contributed by atoms with Crippen molar-refractivity contribution in [2.45, 2.75) is 58.6 Å². The van der Waals surface area contributed by atoms with Crippen LogP contribution in [-0.4, -0.2) is 37.7 Å². The summed E-state index contributed by atoms with van der Waals surface area (Å²) in [5, 5.41) is 5.43. The molecule has 0 aromatic heterocycles. The van der Waals surface area contributed by atoms with E-state index in [1.165, 1.54) is 7.11 Å². The molecule has 2 amide bonds. The monoisotopic (exact) mass is 392 g/mol. The van der Waals surface area contributed by atoms with Gasteiger partial charge in [0.25, 0.3) is 0 Å². The Balaban J connectivity index is 2.11. The molecule has 0 saturated heterocycles. The number of ether oxygens (including phenoxy) is 2. The molecule has 0 fully saturated rings. The van der Waals surface area contributed by atoms with Gasteiger partial charge < -0.3 is 20.1 Å². The van der Waals surface area contributed by atoms with E-state index in [4.69, 9.17) is 9.47 Å². The highest BCUT2D eigenvalue weighted by atomic mass is 16.5. The number of methoxy groups -OCH3 is 1. The lowest BCUT2D eigenvalue weighted by atomic mass is 10.0. The standard InChI is InChI=1S/C21H32N2O5/c1-16(2)14-18(20(25)27-3)23-19(24)12-8-5-9-13-22-21(26)28-15-17-10-6-4-7-11-17/h4,6-7,10-11,16,18H,5,8-9,12-15H2,1-3H3,(H,22,26)(H,23,24)/t18-/m1/s1. The molecule has 1 aromatic rings. The normalized spacial score (nSPS) is 11.6. The Labute approximate surface area is 167 Å². The fraction of sp³-hybridized carbons (Fsp3) is 0.571. The minimum atomic E-state index is -0.599. The molecule has 0 aliphatic carbocycles. The summed E-state index contributed by atoms with van der Waals surface area (Å²) in [6, 6.07) is 8.88. The number of hydrogen-bond donors (Lipinski definition) is 2. The van der Waals surface area contributed by atoms with Gasteiger partial charge in [-0.1, -0.05) is 50.6 Å². The minimum Gasteiger partial charge on any atom is -0.467 e. The van der Waals surface area contributed by atoms with Crippen LogP contribution in [0.1, 0.15) is 51.5 Å². The van der Waals surface area contributed by atoms with E-state index in [2.05, 4.69) is 10.6 Å². The van der Waals surface area contributed by atoms with Gasteiger partial charge in [0, 0.05) is 13.0 Å².